The van der Waals surface area contributed by atoms with Crippen LogP contribution in [-0.2, 0) is 17.6 Å². The van der Waals surface area contributed by atoms with Crippen LogP contribution in [0.15, 0.2) is 48.8 Å². The summed E-state index contributed by atoms with van der Waals surface area (Å²) in [6.07, 6.45) is 3.78. The van der Waals surface area contributed by atoms with Crippen LogP contribution in [0.3, 0.4) is 0 Å². The lowest BCUT2D eigenvalue weighted by molar-refractivity contribution is -0.128. The standard InChI is InChI=1S/C31H36ClFN6O2/c1-21(33)30(40)39-18-16-38(17-19-39)29-24-11-14-37(27-10-4-7-22-6-3-9-25(32)28(22)27)15-12-26(24)34-31(35-29)41-20-23-8-5-13-36(23)2/h3-4,6-7,9-10,23H,1,5,8,11-20H2,2H3. The number of amides is 1. The lowest BCUT2D eigenvalue weighted by Crippen LogP contribution is -2.49. The second-order valence-electron chi connectivity index (χ2n) is 11.1. The average molecular weight is 579 g/mol. The van der Waals surface area contributed by atoms with Crippen molar-refractivity contribution in [2.45, 2.75) is 31.7 Å². The lowest BCUT2D eigenvalue weighted by Gasteiger charge is -2.36. The second kappa shape index (κ2) is 11.8. The van der Waals surface area contributed by atoms with Crippen molar-refractivity contribution in [3.8, 4) is 6.01 Å². The normalized spacial score (nSPS) is 19.8. The topological polar surface area (TPSA) is 65.0 Å². The summed E-state index contributed by atoms with van der Waals surface area (Å²) in [6.45, 7) is 8.31. The van der Waals surface area contributed by atoms with Gasteiger partial charge in [0.25, 0.3) is 5.91 Å². The molecular formula is C31H36ClFN6O2. The van der Waals surface area contributed by atoms with Crippen molar-refractivity contribution in [2.24, 2.45) is 0 Å². The number of fused-ring (bicyclic) bond motifs is 2. The molecule has 216 valence electrons. The number of anilines is 2. The fourth-order valence-corrected chi connectivity index (χ4v) is 6.60. The summed E-state index contributed by atoms with van der Waals surface area (Å²) < 4.78 is 19.7. The molecule has 0 aliphatic carbocycles. The van der Waals surface area contributed by atoms with Gasteiger partial charge in [-0.1, -0.05) is 42.4 Å². The molecule has 1 atom stereocenters. The van der Waals surface area contributed by atoms with Gasteiger partial charge in [-0.15, -0.1) is 0 Å². The first-order valence-electron chi connectivity index (χ1n) is 14.4. The van der Waals surface area contributed by atoms with Gasteiger partial charge in [0.1, 0.15) is 12.4 Å². The van der Waals surface area contributed by atoms with E-state index in [1.807, 2.05) is 12.1 Å². The molecule has 41 heavy (non-hydrogen) atoms. The quantitative estimate of drug-likeness (QED) is 0.399. The molecule has 6 rings (SSSR count). The fourth-order valence-electron chi connectivity index (χ4n) is 6.32. The summed E-state index contributed by atoms with van der Waals surface area (Å²) in [5.74, 6) is -0.704. The van der Waals surface area contributed by atoms with E-state index in [2.05, 4.69) is 52.6 Å². The number of hydrogen-bond acceptors (Lipinski definition) is 7. The number of piperazine rings is 1. The van der Waals surface area contributed by atoms with Crippen molar-refractivity contribution in [2.75, 3.05) is 69.3 Å². The number of rotatable bonds is 6. The molecule has 1 aromatic heterocycles. The number of hydrogen-bond donors (Lipinski definition) is 0. The van der Waals surface area contributed by atoms with E-state index in [0.717, 1.165) is 77.5 Å². The molecule has 0 bridgehead atoms. The van der Waals surface area contributed by atoms with Gasteiger partial charge >= 0.3 is 6.01 Å². The predicted octanol–water partition coefficient (Wildman–Crippen LogP) is 4.49. The molecule has 0 radical (unpaired) electrons. The number of ether oxygens (including phenoxy) is 1. The smallest absolute Gasteiger partial charge is 0.318 e. The van der Waals surface area contributed by atoms with Gasteiger partial charge in [-0.3, -0.25) is 4.79 Å². The van der Waals surface area contributed by atoms with E-state index < -0.39 is 11.7 Å². The molecule has 3 aliphatic heterocycles. The highest BCUT2D eigenvalue weighted by molar-refractivity contribution is 6.36. The summed E-state index contributed by atoms with van der Waals surface area (Å²) in [4.78, 5) is 30.5. The summed E-state index contributed by atoms with van der Waals surface area (Å²) in [5, 5.41) is 2.93. The van der Waals surface area contributed by atoms with Crippen LogP contribution in [0.25, 0.3) is 10.8 Å². The molecule has 4 heterocycles. The molecule has 10 heteroatoms. The highest BCUT2D eigenvalue weighted by Crippen LogP contribution is 2.35. The number of benzene rings is 2. The molecule has 1 amide bonds. The summed E-state index contributed by atoms with van der Waals surface area (Å²) in [7, 11) is 2.13. The zero-order chi connectivity index (χ0) is 28.5. The Morgan fingerprint density at radius 1 is 1.02 bits per heavy atom. The predicted molar refractivity (Wildman–Crippen MR) is 161 cm³/mol. The third-order valence-electron chi connectivity index (χ3n) is 8.65. The Balaban J connectivity index is 1.28. The Morgan fingerprint density at radius 2 is 1.78 bits per heavy atom. The SMILES string of the molecule is C=C(F)C(=O)N1CCN(c2nc(OCC3CCCN3C)nc3c2CCN(c2cccc4cccc(Cl)c24)CC3)CC1. The van der Waals surface area contributed by atoms with Crippen molar-refractivity contribution in [3.63, 3.8) is 0 Å². The lowest BCUT2D eigenvalue weighted by atomic mass is 10.1. The molecule has 2 aromatic carbocycles. The van der Waals surface area contributed by atoms with Gasteiger partial charge in [-0.25, -0.2) is 4.39 Å². The highest BCUT2D eigenvalue weighted by atomic mass is 35.5. The molecule has 1 unspecified atom stereocenters. The van der Waals surface area contributed by atoms with E-state index in [-0.39, 0.29) is 0 Å². The van der Waals surface area contributed by atoms with E-state index >= 15 is 0 Å². The average Bonchev–Trinajstić information content (AvgIpc) is 3.27. The minimum Gasteiger partial charge on any atom is -0.462 e. The molecule has 2 fully saturated rings. The Hall–Kier alpha value is -3.43. The third kappa shape index (κ3) is 5.70. The van der Waals surface area contributed by atoms with Gasteiger partial charge in [0.2, 0.25) is 0 Å². The van der Waals surface area contributed by atoms with Crippen molar-refractivity contribution < 1.29 is 13.9 Å². The zero-order valence-corrected chi connectivity index (χ0v) is 24.2. The van der Waals surface area contributed by atoms with Gasteiger partial charge < -0.3 is 24.3 Å². The van der Waals surface area contributed by atoms with Gasteiger partial charge in [0.15, 0.2) is 5.83 Å². The first-order chi connectivity index (χ1) is 19.9. The van der Waals surface area contributed by atoms with Crippen LogP contribution >= 0.6 is 11.6 Å². The monoisotopic (exact) mass is 578 g/mol. The van der Waals surface area contributed by atoms with Gasteiger partial charge in [-0.05, 0) is 50.4 Å². The Labute approximate surface area is 245 Å². The molecule has 0 N–H and O–H groups in total. The van der Waals surface area contributed by atoms with Crippen LogP contribution in [0.4, 0.5) is 15.9 Å². The number of nitrogens with zero attached hydrogens (tertiary/aromatic N) is 6. The molecule has 3 aliphatic rings. The zero-order valence-electron chi connectivity index (χ0n) is 23.5. The first kappa shape index (κ1) is 27.7. The summed E-state index contributed by atoms with van der Waals surface area (Å²) in [6, 6.07) is 13.1. The maximum Gasteiger partial charge on any atom is 0.318 e. The second-order valence-corrected chi connectivity index (χ2v) is 11.5. The molecular weight excluding hydrogens is 543 g/mol. The van der Waals surface area contributed by atoms with Gasteiger partial charge in [0.05, 0.1) is 10.7 Å². The largest absolute Gasteiger partial charge is 0.462 e. The molecule has 0 spiro atoms. The van der Waals surface area contributed by atoms with E-state index in [9.17, 15) is 9.18 Å². The van der Waals surface area contributed by atoms with Crippen LogP contribution < -0.4 is 14.5 Å². The van der Waals surface area contributed by atoms with Gasteiger partial charge in [-0.2, -0.15) is 9.97 Å². The highest BCUT2D eigenvalue weighted by Gasteiger charge is 2.29. The Morgan fingerprint density at radius 3 is 2.51 bits per heavy atom. The molecule has 8 nitrogen and oxygen atoms in total. The summed E-state index contributed by atoms with van der Waals surface area (Å²) in [5.41, 5.74) is 3.22. The Bertz CT molecular complexity index is 1450. The number of carbonyl (C=O) groups excluding carboxylic acids is 1. The van der Waals surface area contributed by atoms with Crippen molar-refractivity contribution in [1.82, 2.24) is 19.8 Å². The number of likely N-dealkylation sites (tertiary alicyclic amines) is 1. The summed E-state index contributed by atoms with van der Waals surface area (Å²) >= 11 is 6.68. The van der Waals surface area contributed by atoms with E-state index in [1.165, 1.54) is 11.3 Å². The third-order valence-corrected chi connectivity index (χ3v) is 8.96. The van der Waals surface area contributed by atoms with Gasteiger partial charge in [0, 0.05) is 68.4 Å². The number of carbonyl (C=O) groups is 1. The number of aromatic nitrogens is 2. The van der Waals surface area contributed by atoms with Crippen molar-refractivity contribution in [3.05, 3.63) is 65.1 Å². The van der Waals surface area contributed by atoms with Crippen LogP contribution in [0.2, 0.25) is 5.02 Å². The van der Waals surface area contributed by atoms with E-state index in [4.69, 9.17) is 26.3 Å². The maximum atomic E-state index is 13.5. The van der Waals surface area contributed by atoms with E-state index in [0.29, 0.717) is 44.8 Å². The van der Waals surface area contributed by atoms with Crippen molar-refractivity contribution >= 4 is 39.8 Å². The van der Waals surface area contributed by atoms with Crippen LogP contribution in [0.5, 0.6) is 6.01 Å². The minimum absolute atomic E-state index is 0.357. The molecule has 2 saturated heterocycles. The van der Waals surface area contributed by atoms with Crippen LogP contribution in [-0.4, -0.2) is 91.2 Å². The van der Waals surface area contributed by atoms with Crippen LogP contribution in [0.1, 0.15) is 24.1 Å². The molecule has 3 aromatic rings. The maximum absolute atomic E-state index is 13.5. The van der Waals surface area contributed by atoms with Crippen molar-refractivity contribution in [1.29, 1.82) is 0 Å². The van der Waals surface area contributed by atoms with E-state index in [1.54, 1.807) is 0 Å². The minimum atomic E-state index is -0.921. The van der Waals surface area contributed by atoms with Crippen LogP contribution in [0, 0.1) is 0 Å². The number of likely N-dealkylation sites (N-methyl/N-ethyl adjacent to an activating group) is 1. The Kier molecular flexibility index (Phi) is 7.99. The fraction of sp³-hybridized carbons (Fsp3) is 0.452. The number of halogens is 2. The molecule has 0 saturated carbocycles. The first-order valence-corrected chi connectivity index (χ1v) is 14.8.